The summed E-state index contributed by atoms with van der Waals surface area (Å²) in [6.07, 6.45) is 24.0. The van der Waals surface area contributed by atoms with E-state index in [-0.39, 0.29) is 41.3 Å². The maximum atomic E-state index is 10.9. The third kappa shape index (κ3) is 50.1. The molecular weight excluding hydrogens is 1820 g/mol. The van der Waals surface area contributed by atoms with E-state index in [2.05, 4.69) is 216 Å². The Kier molecular flexibility index (Phi) is 85.7. The first kappa shape index (κ1) is 157. The van der Waals surface area contributed by atoms with E-state index < -0.39 is 92.4 Å². The van der Waals surface area contributed by atoms with Crippen LogP contribution >= 0.6 is 0 Å². The summed E-state index contributed by atoms with van der Waals surface area (Å²) in [5, 5.41) is 116. The molecule has 7 atom stereocenters. The third-order valence-electron chi connectivity index (χ3n) is 27.7. The van der Waals surface area contributed by atoms with Crippen LogP contribution in [0.25, 0.3) is 0 Å². The Labute approximate surface area is 871 Å². The number of aliphatic hydroxyl groups is 11. The molecule has 0 aromatic rings. The Morgan fingerprint density at radius 1 is 0.270 bits per heavy atom. The fraction of sp³-hybridized carbons (Fsp3) is 0.678. The minimum Gasteiger partial charge on any atom is -0.388 e. The first-order chi connectivity index (χ1) is 64.5. The van der Waals surface area contributed by atoms with E-state index in [4.69, 9.17) is 5.41 Å². The van der Waals surface area contributed by atoms with E-state index in [0.29, 0.717) is 106 Å². The van der Waals surface area contributed by atoms with E-state index in [1.54, 1.807) is 88.8 Å². The average Bonchev–Trinajstić information content (AvgIpc) is 0.778. The Hall–Kier alpha value is -6.58. The average molecular weight is 2050 g/mol. The van der Waals surface area contributed by atoms with Gasteiger partial charge in [0.2, 0.25) is 0 Å². The van der Waals surface area contributed by atoms with Crippen LogP contribution in [-0.2, 0) is 0 Å². The molecular formula is C115H223N11O11Si4. The highest BCUT2D eigenvalue weighted by molar-refractivity contribution is 6.86. The first-order valence-electron chi connectivity index (χ1n) is 51.5. The molecule has 0 aliphatic carbocycles. The molecule has 0 bridgehead atoms. The predicted octanol–water partition coefficient (Wildman–Crippen LogP) is 25.5. The van der Waals surface area contributed by atoms with Crippen molar-refractivity contribution in [3.05, 3.63) is 165 Å². The van der Waals surface area contributed by atoms with E-state index in [9.17, 15) is 56.2 Å². The number of aliphatic imine (C=N–C) groups is 10. The van der Waals surface area contributed by atoms with Gasteiger partial charge >= 0.3 is 0 Å². The van der Waals surface area contributed by atoms with E-state index in [0.717, 1.165) is 59.1 Å². The summed E-state index contributed by atoms with van der Waals surface area (Å²) in [6, 6.07) is 6.72. The maximum absolute atomic E-state index is 10.9. The highest BCUT2D eigenvalue weighted by Crippen LogP contribution is 2.37. The Morgan fingerprint density at radius 2 is 0.489 bits per heavy atom. The molecule has 7 unspecified atom stereocenters. The van der Waals surface area contributed by atoms with Gasteiger partial charge in [-0.05, 0) is 225 Å². The summed E-state index contributed by atoms with van der Waals surface area (Å²) in [5.74, 6) is 0.741. The van der Waals surface area contributed by atoms with Crippen molar-refractivity contribution in [1.29, 1.82) is 5.41 Å². The zero-order chi connectivity index (χ0) is 115. The standard InChI is InChI=1S/C13H27NOSi.C12H25NOSi.C12H23NO.3C11H21NO.C10H21NOSi.C10H19NO.C9H19NOSi.C9H15NO.C7H11NO/c1-7-12(14-8-2)13(6,15)16(9-3,10-4)11-5;1-7-11(13-6)12(5,14)15(8-2,9-3)10-4;1-7-11(13-8-2)12(14,9(3)4)10(5)6;1-7-10(12-6)11(13,8(2)3)9(4)5;1-6-10(12-8-3)11(13,7-2)9(4)5;1-6-10(12-9(4)5)11(13,7-2)8-3;1-7-9(11-8-2)10(3,12)13(4,5)6;1-5-9(11-8-4)10(12,6-2)7-3;1-7-8(10-3)9(2,11)12(4,5)6;1-5-8(10-7-3)9(4,11)6-2;1-4-6(8)7(3,9)5-2/h7,15H,1,8-11H2,2-6H3;7,14H,1,8-10H2,2-6H3;7,9-10,14H,1,8H2,2-6H3;7-9,13H,1H2,2-6H3;2*6,9,13H,1,7-8H2,2-5H3;7,12H,1,8H2,2-6H3;5,12H,1,6-8H2,2-4H3;7,11H,1H2,2-6H3;5-6,11H,1-2,7H2,3-4H3;4-5,8-9H,1-2H2,3H3. The zero-order valence-corrected chi connectivity index (χ0v) is 103. The van der Waals surface area contributed by atoms with Crippen molar-refractivity contribution < 1.29 is 56.2 Å². The predicted molar refractivity (Wildman–Crippen MR) is 646 cm³/mol. The summed E-state index contributed by atoms with van der Waals surface area (Å²) < 4.78 is 0. The lowest BCUT2D eigenvalue weighted by atomic mass is 9.76. The number of nitrogens with zero attached hydrogens (tertiary/aromatic N) is 10. The first-order valence-corrected chi connectivity index (χ1v) is 63.8. The van der Waals surface area contributed by atoms with E-state index in [1.165, 1.54) is 25.2 Å². The lowest BCUT2D eigenvalue weighted by molar-refractivity contribution is 0.0202. The fourth-order valence-electron chi connectivity index (χ4n) is 15.4. The van der Waals surface area contributed by atoms with Gasteiger partial charge in [0, 0.05) is 66.5 Å². The molecule has 0 rings (SSSR count). The summed E-state index contributed by atoms with van der Waals surface area (Å²) in [4.78, 5) is 42.1. The molecule has 26 heteroatoms. The van der Waals surface area contributed by atoms with E-state index >= 15 is 0 Å². The third-order valence-corrected chi connectivity index (χ3v) is 46.8. The molecule has 0 spiro atoms. The van der Waals surface area contributed by atoms with Crippen LogP contribution in [0.3, 0.4) is 0 Å². The van der Waals surface area contributed by atoms with E-state index in [1.807, 2.05) is 187 Å². The Morgan fingerprint density at radius 3 is 0.674 bits per heavy atom. The minimum absolute atomic E-state index is 0.0671. The number of rotatable bonds is 51. The monoisotopic (exact) mass is 2050 g/mol. The van der Waals surface area contributed by atoms with Crippen LogP contribution in [0.5, 0.6) is 0 Å². The molecule has 12 N–H and O–H groups in total. The molecule has 0 amide bonds. The second-order valence-corrected chi connectivity index (χ2v) is 61.9. The molecule has 0 aromatic heterocycles. The normalized spacial score (nSPS) is 16.0. The number of hydrogen-bond donors (Lipinski definition) is 12. The van der Waals surface area contributed by atoms with Gasteiger partial charge in [-0.3, -0.25) is 49.9 Å². The zero-order valence-electron chi connectivity index (χ0n) is 99.1. The van der Waals surface area contributed by atoms with Crippen molar-refractivity contribution in [2.45, 2.75) is 416 Å². The fourth-order valence-corrected chi connectivity index (χ4v) is 26.0. The minimum atomic E-state index is -1.71. The van der Waals surface area contributed by atoms with Crippen LogP contribution in [-0.4, -0.2) is 278 Å². The second kappa shape index (κ2) is 76.9. The van der Waals surface area contributed by atoms with Gasteiger partial charge in [-0.2, -0.15) is 0 Å². The van der Waals surface area contributed by atoms with Gasteiger partial charge in [-0.1, -0.05) is 319 Å². The Bertz CT molecular complexity index is 3890. The molecule has 0 aliphatic heterocycles. The van der Waals surface area contributed by atoms with Crippen molar-refractivity contribution in [2.75, 3.05) is 60.4 Å². The summed E-state index contributed by atoms with van der Waals surface area (Å²) in [7, 11) is -1.60. The van der Waals surface area contributed by atoms with Crippen LogP contribution in [0.1, 0.15) is 274 Å². The highest BCUT2D eigenvalue weighted by atomic mass is 28.3. The highest BCUT2D eigenvalue weighted by Gasteiger charge is 2.50. The molecule has 820 valence electrons. The van der Waals surface area contributed by atoms with Gasteiger partial charge in [-0.25, -0.2) is 0 Å². The van der Waals surface area contributed by atoms with Crippen LogP contribution in [0.2, 0.25) is 75.5 Å². The largest absolute Gasteiger partial charge is 0.388 e. The SMILES string of the molecule is C=CC(=N)C(C)(O)C=C.C=CC(=NC(C)C)C(O)(CC)CC.C=CC(=NC)C(C)(O)[Si](C)(C)C.C=CC(=NC)C(C)(O)[Si](CC)(CC)CC.C=CC(=NC)C(O)(C(C)C)C(C)C.C=CC(=NCC)C(C)(O)C=C.C=CC(=NCC)C(C)(O)[Si](C)(C)C.C=CC(=NCC)C(C)(O)[Si](CC)(CC)CC.C=CC(=NCC)C(O)(C(C)C)C(C)C.C=CC(=NCC)C(O)(CC)C(C)C.C=CC(=NCC)C(O)(CC)CC. The van der Waals surface area contributed by atoms with Crippen LogP contribution < -0.4 is 0 Å². The maximum Gasteiger partial charge on any atom is 0.121 e. The van der Waals surface area contributed by atoms with Crippen molar-refractivity contribution >= 4 is 95.1 Å². The van der Waals surface area contributed by atoms with Crippen molar-refractivity contribution in [1.82, 2.24) is 0 Å². The summed E-state index contributed by atoms with van der Waals surface area (Å²) >= 11 is 0. The topological polar surface area (TPSA) is 370 Å². The number of nitrogens with one attached hydrogen (secondary N) is 1. The van der Waals surface area contributed by atoms with Crippen molar-refractivity contribution in [3.8, 4) is 0 Å². The van der Waals surface area contributed by atoms with Gasteiger partial charge in [0.15, 0.2) is 0 Å². The van der Waals surface area contributed by atoms with Crippen molar-refractivity contribution in [2.24, 2.45) is 79.5 Å². The molecule has 0 radical (unpaired) electrons. The second-order valence-electron chi connectivity index (χ2n) is 39.6. The molecule has 0 aromatic carbocycles. The van der Waals surface area contributed by atoms with Crippen LogP contribution in [0.4, 0.5) is 0 Å². The van der Waals surface area contributed by atoms with Gasteiger partial charge in [0.05, 0.1) is 116 Å². The van der Waals surface area contributed by atoms with Gasteiger partial charge < -0.3 is 61.6 Å². The lowest BCUT2D eigenvalue weighted by Crippen LogP contribution is -2.60. The van der Waals surface area contributed by atoms with Gasteiger partial charge in [0.25, 0.3) is 0 Å². The quantitative estimate of drug-likeness (QED) is 0.0154. The summed E-state index contributed by atoms with van der Waals surface area (Å²) in [5.41, 5.74) is 0.808. The Balaban J connectivity index is -0.000000147. The van der Waals surface area contributed by atoms with Gasteiger partial charge in [0.1, 0.15) is 39.2 Å². The molecule has 0 saturated carbocycles. The van der Waals surface area contributed by atoms with Gasteiger partial charge in [-0.15, -0.1) is 0 Å². The molecule has 0 fully saturated rings. The van der Waals surface area contributed by atoms with Crippen LogP contribution in [0.15, 0.2) is 214 Å². The molecule has 22 nitrogen and oxygen atoms in total. The number of hydrogen-bond acceptors (Lipinski definition) is 22. The lowest BCUT2D eigenvalue weighted by Gasteiger charge is -2.42. The summed E-state index contributed by atoms with van der Waals surface area (Å²) in [6.45, 7) is 133. The molecule has 0 saturated heterocycles. The smallest absolute Gasteiger partial charge is 0.121 e. The van der Waals surface area contributed by atoms with Crippen LogP contribution in [0, 0.1) is 35.0 Å². The molecule has 0 heterocycles. The van der Waals surface area contributed by atoms with Crippen molar-refractivity contribution in [3.63, 3.8) is 0 Å². The molecule has 141 heavy (non-hydrogen) atoms. The molecule has 0 aliphatic rings.